The summed E-state index contributed by atoms with van der Waals surface area (Å²) < 4.78 is 27.2. The molecule has 0 bridgehead atoms. The second-order valence-electron chi connectivity index (χ2n) is 10.8. The first-order valence-corrected chi connectivity index (χ1v) is 15.3. The smallest absolute Gasteiger partial charge is 0.251 e. The number of amides is 3. The third kappa shape index (κ3) is 6.95. The Morgan fingerprint density at radius 1 is 1.00 bits per heavy atom. The molecule has 1 aliphatic carbocycles. The van der Waals surface area contributed by atoms with Crippen LogP contribution in [0, 0.1) is 11.6 Å². The molecule has 1 saturated carbocycles. The number of hydrogen-bond acceptors (Lipinski definition) is 4. The van der Waals surface area contributed by atoms with Crippen LogP contribution in [0.15, 0.2) is 71.6 Å². The lowest BCUT2D eigenvalue weighted by Crippen LogP contribution is -2.56. The van der Waals surface area contributed by atoms with Gasteiger partial charge in [0.15, 0.2) is 0 Å². The van der Waals surface area contributed by atoms with E-state index in [0.29, 0.717) is 5.02 Å². The lowest BCUT2D eigenvalue weighted by molar-refractivity contribution is -0.131. The summed E-state index contributed by atoms with van der Waals surface area (Å²) >= 11 is 7.92. The summed E-state index contributed by atoms with van der Waals surface area (Å²) in [6, 6.07) is 16.0. The van der Waals surface area contributed by atoms with E-state index < -0.39 is 40.8 Å². The average molecular weight is 612 g/mol. The normalized spacial score (nSPS) is 19.9. The van der Waals surface area contributed by atoms with Crippen LogP contribution in [0.2, 0.25) is 5.02 Å². The van der Waals surface area contributed by atoms with E-state index in [9.17, 15) is 23.2 Å². The van der Waals surface area contributed by atoms with Crippen molar-refractivity contribution in [1.82, 2.24) is 10.6 Å². The zero-order valence-electron chi connectivity index (χ0n) is 23.1. The largest absolute Gasteiger partial charge is 0.344 e. The number of fused-ring (bicyclic) bond motifs is 1. The molecule has 0 aromatic heterocycles. The lowest BCUT2D eigenvalue weighted by atomic mass is 9.92. The van der Waals surface area contributed by atoms with Crippen LogP contribution in [0.5, 0.6) is 0 Å². The molecular formula is C32H32ClF2N3O3S. The van der Waals surface area contributed by atoms with Crippen molar-refractivity contribution < 1.29 is 23.2 Å². The van der Waals surface area contributed by atoms with Gasteiger partial charge in [-0.05, 0) is 61.2 Å². The Kier molecular flexibility index (Phi) is 9.48. The van der Waals surface area contributed by atoms with E-state index >= 15 is 0 Å². The van der Waals surface area contributed by atoms with Crippen molar-refractivity contribution >= 4 is 46.8 Å². The maximum Gasteiger partial charge on any atom is 0.251 e. The van der Waals surface area contributed by atoms with E-state index in [1.165, 1.54) is 18.7 Å². The van der Waals surface area contributed by atoms with Gasteiger partial charge in [-0.25, -0.2) is 8.78 Å². The van der Waals surface area contributed by atoms with Gasteiger partial charge in [-0.3, -0.25) is 14.4 Å². The predicted octanol–water partition coefficient (Wildman–Crippen LogP) is 6.36. The summed E-state index contributed by atoms with van der Waals surface area (Å²) in [7, 11) is 0. The maximum absolute atomic E-state index is 14.5. The Labute approximate surface area is 253 Å². The van der Waals surface area contributed by atoms with E-state index in [2.05, 4.69) is 10.6 Å². The number of carbonyl (C=O) groups is 3. The molecule has 3 aromatic carbocycles. The van der Waals surface area contributed by atoms with Crippen LogP contribution in [-0.4, -0.2) is 35.8 Å². The van der Waals surface area contributed by atoms with Crippen molar-refractivity contribution in [3.63, 3.8) is 0 Å². The van der Waals surface area contributed by atoms with E-state index in [0.717, 1.165) is 66.4 Å². The molecule has 0 saturated heterocycles. The van der Waals surface area contributed by atoms with Gasteiger partial charge in [0.05, 0.1) is 17.4 Å². The molecule has 0 radical (unpaired) electrons. The number of halogens is 3. The van der Waals surface area contributed by atoms with Crippen molar-refractivity contribution in [2.45, 2.75) is 73.7 Å². The van der Waals surface area contributed by atoms with E-state index in [1.807, 2.05) is 47.4 Å². The van der Waals surface area contributed by atoms with Crippen molar-refractivity contribution in [3.8, 4) is 0 Å². The average Bonchev–Trinajstić information content (AvgIpc) is 3.07. The number of nitrogens with zero attached hydrogens (tertiary/aromatic N) is 1. The molecule has 220 valence electrons. The zero-order chi connectivity index (χ0) is 29.8. The first-order valence-electron chi connectivity index (χ1n) is 14.1. The molecule has 2 N–H and O–H groups in total. The number of anilines is 1. The third-order valence-corrected chi connectivity index (χ3v) is 9.30. The molecular weight excluding hydrogens is 580 g/mol. The summed E-state index contributed by atoms with van der Waals surface area (Å²) in [4.78, 5) is 43.4. The van der Waals surface area contributed by atoms with Crippen molar-refractivity contribution in [2.24, 2.45) is 0 Å². The van der Waals surface area contributed by atoms with Crippen LogP contribution >= 0.6 is 23.4 Å². The van der Waals surface area contributed by atoms with Crippen molar-refractivity contribution in [2.75, 3.05) is 4.90 Å². The Hall–Kier alpha value is -3.43. The molecule has 6 nitrogen and oxygen atoms in total. The topological polar surface area (TPSA) is 78.5 Å². The van der Waals surface area contributed by atoms with Gasteiger partial charge in [0.25, 0.3) is 5.91 Å². The first kappa shape index (κ1) is 30.0. The van der Waals surface area contributed by atoms with Crippen molar-refractivity contribution in [3.05, 3.63) is 94.5 Å². The Balaban J connectivity index is 1.42. The second-order valence-corrected chi connectivity index (χ2v) is 12.4. The predicted molar refractivity (Wildman–Crippen MR) is 160 cm³/mol. The fourth-order valence-electron chi connectivity index (χ4n) is 5.67. The number of carbonyl (C=O) groups excluding carboxylic acids is 3. The Morgan fingerprint density at radius 3 is 2.38 bits per heavy atom. The highest BCUT2D eigenvalue weighted by molar-refractivity contribution is 7.99. The van der Waals surface area contributed by atoms with Crippen LogP contribution in [0.25, 0.3) is 0 Å². The molecule has 1 aliphatic heterocycles. The third-order valence-electron chi connectivity index (χ3n) is 7.66. The highest BCUT2D eigenvalue weighted by atomic mass is 35.5. The van der Waals surface area contributed by atoms with Crippen LogP contribution in [-0.2, 0) is 20.8 Å². The van der Waals surface area contributed by atoms with Gasteiger partial charge in [-0.2, -0.15) is 0 Å². The van der Waals surface area contributed by atoms with E-state index in [4.69, 9.17) is 11.6 Å². The molecule has 3 aromatic rings. The van der Waals surface area contributed by atoms with E-state index in [-0.39, 0.29) is 23.9 Å². The summed E-state index contributed by atoms with van der Waals surface area (Å²) in [5, 5.41) is 5.61. The van der Waals surface area contributed by atoms with E-state index in [1.54, 1.807) is 6.07 Å². The zero-order valence-corrected chi connectivity index (χ0v) is 24.7. The quantitative estimate of drug-likeness (QED) is 0.326. The highest BCUT2D eigenvalue weighted by Gasteiger charge is 2.42. The molecule has 1 heterocycles. The maximum atomic E-state index is 14.5. The van der Waals surface area contributed by atoms with Gasteiger partial charge >= 0.3 is 0 Å². The highest BCUT2D eigenvalue weighted by Crippen LogP contribution is 2.48. The molecule has 5 rings (SSSR count). The molecule has 42 heavy (non-hydrogen) atoms. The molecule has 0 unspecified atom stereocenters. The fraction of sp³-hybridized carbons (Fsp3) is 0.344. The Bertz CT molecular complexity index is 1450. The Morgan fingerprint density at radius 2 is 1.69 bits per heavy atom. The summed E-state index contributed by atoms with van der Waals surface area (Å²) in [5.74, 6) is -2.92. The van der Waals surface area contributed by atoms with Crippen molar-refractivity contribution in [1.29, 1.82) is 0 Å². The molecule has 1 fully saturated rings. The minimum absolute atomic E-state index is 0.0261. The van der Waals surface area contributed by atoms with Crippen LogP contribution in [0.3, 0.4) is 0 Å². The molecule has 10 heteroatoms. The van der Waals surface area contributed by atoms with Gasteiger partial charge in [0, 0.05) is 22.0 Å². The number of benzene rings is 3. The molecule has 3 atom stereocenters. The summed E-state index contributed by atoms with van der Waals surface area (Å²) in [5.41, 5.74) is 1.76. The summed E-state index contributed by atoms with van der Waals surface area (Å²) in [6.45, 7) is 1.51. The SMILES string of the molecule is C[C@H](NC(=O)Cc1cc(F)cc(F)c1)C(=O)N[C@@H]1C(=O)N(C2CCCCC2)c2cc(Cl)ccc2S[C@@H]1c1ccccc1. The lowest BCUT2D eigenvalue weighted by Gasteiger charge is -2.36. The standard InChI is InChI=1S/C32H32ClF2N3O3S/c1-19(36-28(39)16-20-14-23(34)18-24(35)15-20)31(40)37-29-30(21-8-4-2-5-9-21)42-27-13-12-22(33)17-26(27)38(32(29)41)25-10-6-3-7-11-25/h2,4-5,8-9,12-15,17-19,25,29-30H,3,6-7,10-11,16H2,1H3,(H,36,39)(H,37,40)/t19-,29-,30+/m0/s1. The first-order chi connectivity index (χ1) is 20.2. The minimum Gasteiger partial charge on any atom is -0.344 e. The van der Waals surface area contributed by atoms with Crippen LogP contribution in [0.1, 0.15) is 55.4 Å². The van der Waals surface area contributed by atoms with Gasteiger partial charge < -0.3 is 15.5 Å². The molecule has 2 aliphatic rings. The van der Waals surface area contributed by atoms with Crippen LogP contribution in [0.4, 0.5) is 14.5 Å². The summed E-state index contributed by atoms with van der Waals surface area (Å²) in [6.07, 6.45) is 4.53. The van der Waals surface area contributed by atoms with Gasteiger partial charge in [-0.15, -0.1) is 11.8 Å². The van der Waals surface area contributed by atoms with Gasteiger partial charge in [0.2, 0.25) is 11.8 Å². The monoisotopic (exact) mass is 611 g/mol. The number of hydrogen-bond donors (Lipinski definition) is 2. The second kappa shape index (κ2) is 13.3. The number of rotatable bonds is 7. The minimum atomic E-state index is -1.01. The molecule has 3 amide bonds. The fourth-order valence-corrected chi connectivity index (χ4v) is 7.15. The number of nitrogens with one attached hydrogen (secondary N) is 2. The molecule has 0 spiro atoms. The van der Waals surface area contributed by atoms with Crippen LogP contribution < -0.4 is 15.5 Å². The van der Waals surface area contributed by atoms with Gasteiger partial charge in [0.1, 0.15) is 23.7 Å². The van der Waals surface area contributed by atoms with Gasteiger partial charge in [-0.1, -0.05) is 61.2 Å². The number of thioether (sulfide) groups is 1.